The SMILES string of the molecule is CCCNC(=O)C(=O)C(CCC)NC(=O)[C@@H]1[C@@H]2C(CN1C(=O)[C@@H](NC(=O)NC1(CCC)CCCCC1)C(C)(C)C)C2(C)C. The molecule has 4 N–H and O–H groups in total. The summed E-state index contributed by atoms with van der Waals surface area (Å²) in [6.07, 6.45) is 8.68. The van der Waals surface area contributed by atoms with Gasteiger partial charge in [0.1, 0.15) is 12.1 Å². The van der Waals surface area contributed by atoms with Gasteiger partial charge in [-0.3, -0.25) is 19.2 Å². The summed E-state index contributed by atoms with van der Waals surface area (Å²) in [6.45, 7) is 16.7. The lowest BCUT2D eigenvalue weighted by Gasteiger charge is -2.41. The third-order valence-corrected chi connectivity index (χ3v) is 10.0. The van der Waals surface area contributed by atoms with Gasteiger partial charge in [-0.15, -0.1) is 0 Å². The van der Waals surface area contributed by atoms with Gasteiger partial charge in [-0.2, -0.15) is 0 Å². The Kier molecular flexibility index (Phi) is 11.3. The summed E-state index contributed by atoms with van der Waals surface area (Å²) < 4.78 is 0. The molecule has 244 valence electrons. The number of carbonyl (C=O) groups excluding carboxylic acids is 5. The highest BCUT2D eigenvalue weighted by molar-refractivity contribution is 6.38. The minimum absolute atomic E-state index is 0.0627. The number of piperidine rings is 1. The maximum atomic E-state index is 14.3. The molecule has 2 aliphatic carbocycles. The number of nitrogens with one attached hydrogen (secondary N) is 4. The Labute approximate surface area is 258 Å². The second kappa shape index (κ2) is 14.0. The summed E-state index contributed by atoms with van der Waals surface area (Å²) in [7, 11) is 0. The fourth-order valence-corrected chi connectivity index (χ4v) is 7.48. The molecular formula is C33H57N5O5. The molecule has 10 nitrogen and oxygen atoms in total. The molecule has 0 radical (unpaired) electrons. The molecule has 5 atom stereocenters. The molecule has 3 rings (SSSR count). The summed E-state index contributed by atoms with van der Waals surface area (Å²) >= 11 is 0. The van der Waals surface area contributed by atoms with Crippen LogP contribution in [0.4, 0.5) is 4.79 Å². The molecule has 2 unspecified atom stereocenters. The topological polar surface area (TPSA) is 137 Å². The van der Waals surface area contributed by atoms with Crippen molar-refractivity contribution in [1.82, 2.24) is 26.2 Å². The first kappa shape index (κ1) is 34.8. The lowest BCUT2D eigenvalue weighted by Crippen LogP contribution is -2.63. The van der Waals surface area contributed by atoms with E-state index in [1.807, 2.05) is 34.6 Å². The van der Waals surface area contributed by atoms with E-state index in [1.165, 1.54) is 6.42 Å². The minimum atomic E-state index is -0.959. The van der Waals surface area contributed by atoms with Gasteiger partial charge in [-0.25, -0.2) is 4.79 Å². The van der Waals surface area contributed by atoms with E-state index in [9.17, 15) is 24.0 Å². The number of carbonyl (C=O) groups is 5. The monoisotopic (exact) mass is 603 g/mol. The van der Waals surface area contributed by atoms with Crippen molar-refractivity contribution in [1.29, 1.82) is 0 Å². The number of fused-ring (bicyclic) bond motifs is 1. The van der Waals surface area contributed by atoms with E-state index in [0.29, 0.717) is 32.4 Å². The number of hydrogen-bond donors (Lipinski definition) is 4. The predicted octanol–water partition coefficient (Wildman–Crippen LogP) is 4.07. The van der Waals surface area contributed by atoms with Crippen LogP contribution in [0.2, 0.25) is 0 Å². The zero-order valence-electron chi connectivity index (χ0n) is 27.9. The number of nitrogens with zero attached hydrogens (tertiary/aromatic N) is 1. The lowest BCUT2D eigenvalue weighted by atomic mass is 9.78. The summed E-state index contributed by atoms with van der Waals surface area (Å²) in [6, 6.07) is -2.93. The van der Waals surface area contributed by atoms with Crippen molar-refractivity contribution in [3.05, 3.63) is 0 Å². The van der Waals surface area contributed by atoms with Crippen LogP contribution in [0.15, 0.2) is 0 Å². The molecule has 43 heavy (non-hydrogen) atoms. The van der Waals surface area contributed by atoms with Crippen molar-refractivity contribution >= 4 is 29.5 Å². The first-order chi connectivity index (χ1) is 20.1. The van der Waals surface area contributed by atoms with Gasteiger partial charge in [0.05, 0.1) is 6.04 Å². The van der Waals surface area contributed by atoms with Gasteiger partial charge in [-0.1, -0.05) is 87.5 Å². The molecule has 3 aliphatic rings. The highest BCUT2D eigenvalue weighted by atomic mass is 16.2. The Hall–Kier alpha value is -2.65. The molecular weight excluding hydrogens is 546 g/mol. The van der Waals surface area contributed by atoms with Crippen LogP contribution in [0.1, 0.15) is 120 Å². The largest absolute Gasteiger partial charge is 0.349 e. The number of hydrogen-bond acceptors (Lipinski definition) is 5. The molecule has 0 bridgehead atoms. The van der Waals surface area contributed by atoms with Crippen LogP contribution in [0.3, 0.4) is 0 Å². The van der Waals surface area contributed by atoms with E-state index >= 15 is 0 Å². The maximum absolute atomic E-state index is 14.3. The Morgan fingerprint density at radius 3 is 2.12 bits per heavy atom. The van der Waals surface area contributed by atoms with Gasteiger partial charge in [0.2, 0.25) is 17.6 Å². The van der Waals surface area contributed by atoms with Gasteiger partial charge in [0.15, 0.2) is 0 Å². The van der Waals surface area contributed by atoms with Gasteiger partial charge in [0.25, 0.3) is 5.91 Å². The van der Waals surface area contributed by atoms with E-state index in [0.717, 1.165) is 38.5 Å². The molecule has 2 saturated carbocycles. The van der Waals surface area contributed by atoms with Crippen LogP contribution in [-0.4, -0.2) is 71.2 Å². The summed E-state index contributed by atoms with van der Waals surface area (Å²) in [4.78, 5) is 68.6. The second-order valence-electron chi connectivity index (χ2n) is 14.8. The van der Waals surface area contributed by atoms with Gasteiger partial charge in [0, 0.05) is 18.6 Å². The Morgan fingerprint density at radius 1 is 0.907 bits per heavy atom. The fourth-order valence-electron chi connectivity index (χ4n) is 7.48. The van der Waals surface area contributed by atoms with Gasteiger partial charge in [-0.05, 0) is 54.8 Å². The second-order valence-corrected chi connectivity index (χ2v) is 14.8. The number of ketones is 1. The summed E-state index contributed by atoms with van der Waals surface area (Å²) in [5.41, 5.74) is -0.994. The quantitative estimate of drug-likeness (QED) is 0.235. The molecule has 0 aromatic heterocycles. The van der Waals surface area contributed by atoms with E-state index in [1.54, 1.807) is 4.90 Å². The van der Waals surface area contributed by atoms with Crippen molar-refractivity contribution in [2.24, 2.45) is 22.7 Å². The van der Waals surface area contributed by atoms with Gasteiger partial charge < -0.3 is 26.2 Å². The van der Waals surface area contributed by atoms with Crippen LogP contribution < -0.4 is 21.3 Å². The zero-order valence-corrected chi connectivity index (χ0v) is 27.9. The minimum Gasteiger partial charge on any atom is -0.349 e. The first-order valence-corrected chi connectivity index (χ1v) is 16.6. The normalized spacial score (nSPS) is 25.1. The molecule has 0 aromatic rings. The highest BCUT2D eigenvalue weighted by Gasteiger charge is 2.70. The van der Waals surface area contributed by atoms with Crippen molar-refractivity contribution in [2.45, 2.75) is 143 Å². The van der Waals surface area contributed by atoms with Crippen LogP contribution >= 0.6 is 0 Å². The summed E-state index contributed by atoms with van der Waals surface area (Å²) in [5, 5.41) is 11.7. The Morgan fingerprint density at radius 2 is 1.56 bits per heavy atom. The van der Waals surface area contributed by atoms with Crippen molar-refractivity contribution in [2.75, 3.05) is 13.1 Å². The fraction of sp³-hybridized carbons (Fsp3) is 0.848. The van der Waals surface area contributed by atoms with Crippen molar-refractivity contribution in [3.63, 3.8) is 0 Å². The first-order valence-electron chi connectivity index (χ1n) is 16.6. The molecule has 0 spiro atoms. The molecule has 1 saturated heterocycles. The third kappa shape index (κ3) is 7.90. The van der Waals surface area contributed by atoms with Crippen molar-refractivity contribution < 1.29 is 24.0 Å². The predicted molar refractivity (Wildman–Crippen MR) is 167 cm³/mol. The van der Waals surface area contributed by atoms with E-state index < -0.39 is 41.1 Å². The number of likely N-dealkylation sites (tertiary alicyclic amines) is 1. The molecule has 1 heterocycles. The van der Waals surface area contributed by atoms with Crippen LogP contribution in [0.25, 0.3) is 0 Å². The van der Waals surface area contributed by atoms with Crippen LogP contribution in [0, 0.1) is 22.7 Å². The van der Waals surface area contributed by atoms with Gasteiger partial charge >= 0.3 is 6.03 Å². The molecule has 3 fully saturated rings. The third-order valence-electron chi connectivity index (χ3n) is 10.0. The summed E-state index contributed by atoms with van der Waals surface area (Å²) in [5.74, 6) is -2.00. The Balaban J connectivity index is 1.81. The van der Waals surface area contributed by atoms with E-state index in [4.69, 9.17) is 0 Å². The van der Waals surface area contributed by atoms with Crippen LogP contribution in [0.5, 0.6) is 0 Å². The molecule has 5 amide bonds. The number of urea groups is 1. The highest BCUT2D eigenvalue weighted by Crippen LogP contribution is 2.65. The average molecular weight is 604 g/mol. The standard InChI is InChI=1S/C33H57N5O5/c1-9-15-22(25(39)28(41)34-19-11-3)35-27(40)24-23-21(32(23,7)8)20-38(24)29(42)26(31(4,5)6)36-30(43)37-33(16-10-2)17-13-12-14-18-33/h21-24,26H,9-20H2,1-8H3,(H,34,41)(H,35,40)(H2,36,37,43)/t21?,22?,23-,24-,26+/m0/s1. The number of amides is 5. The molecule has 0 aromatic carbocycles. The van der Waals surface area contributed by atoms with Crippen molar-refractivity contribution in [3.8, 4) is 0 Å². The maximum Gasteiger partial charge on any atom is 0.315 e. The molecule has 10 heteroatoms. The Bertz CT molecular complexity index is 1040. The van der Waals surface area contributed by atoms with E-state index in [-0.39, 0.29) is 34.7 Å². The zero-order chi connectivity index (χ0) is 32.2. The smallest absolute Gasteiger partial charge is 0.315 e. The average Bonchev–Trinajstić information content (AvgIpc) is 3.25. The van der Waals surface area contributed by atoms with E-state index in [2.05, 4.69) is 42.0 Å². The lowest BCUT2D eigenvalue weighted by molar-refractivity contribution is -0.145. The number of rotatable bonds is 13. The van der Waals surface area contributed by atoms with Crippen LogP contribution in [-0.2, 0) is 19.2 Å². The number of Topliss-reactive ketones (excluding diaryl/α,β-unsaturated/α-hetero) is 1. The molecule has 1 aliphatic heterocycles.